The molecule has 0 fully saturated rings. The third kappa shape index (κ3) is 1.82. The summed E-state index contributed by atoms with van der Waals surface area (Å²) in [6, 6.07) is 0. The molecule has 0 atom stereocenters. The molecule has 0 unspecified atom stereocenters. The minimum absolute atomic E-state index is 0.424. The number of nitrogens with two attached hydrogens (primary N) is 1. The molecule has 0 aromatic heterocycles. The fourth-order valence-electron chi connectivity index (χ4n) is 0.371. The summed E-state index contributed by atoms with van der Waals surface area (Å²) in [5.41, 5.74) is 6.88. The summed E-state index contributed by atoms with van der Waals surface area (Å²) in [5, 5.41) is 0. The van der Waals surface area contributed by atoms with E-state index in [0.29, 0.717) is 11.6 Å². The van der Waals surface area contributed by atoms with Gasteiger partial charge in [-0.15, -0.1) is 0 Å². The number of hydrogen-bond donors (Lipinski definition) is 1. The first-order valence-corrected chi connectivity index (χ1v) is 2.69. The molecule has 0 saturated carbocycles. The van der Waals surface area contributed by atoms with Crippen molar-refractivity contribution < 1.29 is 0 Å². The smallest absolute Gasteiger partial charge is 0.0270 e. The monoisotopic (exact) mass is 111 g/mol. The summed E-state index contributed by atoms with van der Waals surface area (Å²) < 4.78 is 0. The van der Waals surface area contributed by atoms with Gasteiger partial charge < -0.3 is 5.73 Å². The van der Waals surface area contributed by atoms with Crippen molar-refractivity contribution in [3.05, 3.63) is 24.4 Å². The van der Waals surface area contributed by atoms with Crippen LogP contribution >= 0.6 is 0 Å². The van der Waals surface area contributed by atoms with E-state index in [1.54, 1.807) is 0 Å². The van der Waals surface area contributed by atoms with E-state index in [1.807, 2.05) is 13.8 Å². The van der Waals surface area contributed by atoms with E-state index < -0.39 is 0 Å². The molecule has 0 bridgehead atoms. The predicted octanol–water partition coefficient (Wildman–Crippen LogP) is 1.67. The second-order valence-electron chi connectivity index (χ2n) is 2.21. The molecule has 0 amide bonds. The third-order valence-corrected chi connectivity index (χ3v) is 1.11. The van der Waals surface area contributed by atoms with Crippen LogP contribution in [-0.2, 0) is 0 Å². The maximum atomic E-state index is 5.34. The van der Waals surface area contributed by atoms with Gasteiger partial charge in [-0.3, -0.25) is 0 Å². The van der Waals surface area contributed by atoms with Gasteiger partial charge in [0.2, 0.25) is 0 Å². The number of allylic oxidation sites excluding steroid dienone is 1. The Balaban J connectivity index is 3.84. The van der Waals surface area contributed by atoms with Crippen molar-refractivity contribution in [2.75, 3.05) is 0 Å². The van der Waals surface area contributed by atoms with Crippen LogP contribution in [0.4, 0.5) is 0 Å². The molecule has 1 nitrogen and oxygen atoms in total. The third-order valence-electron chi connectivity index (χ3n) is 1.11. The van der Waals surface area contributed by atoms with Crippen LogP contribution in [0.5, 0.6) is 0 Å². The van der Waals surface area contributed by atoms with E-state index in [4.69, 9.17) is 5.73 Å². The van der Waals surface area contributed by atoms with Crippen molar-refractivity contribution in [2.24, 2.45) is 11.7 Å². The van der Waals surface area contributed by atoms with Crippen LogP contribution in [0, 0.1) is 5.92 Å². The lowest BCUT2D eigenvalue weighted by Gasteiger charge is -2.06. The average molecular weight is 111 g/mol. The molecule has 8 heavy (non-hydrogen) atoms. The van der Waals surface area contributed by atoms with Crippen LogP contribution in [0.15, 0.2) is 24.4 Å². The topological polar surface area (TPSA) is 26.0 Å². The first-order valence-electron chi connectivity index (χ1n) is 2.69. The minimum atomic E-state index is 0.424. The summed E-state index contributed by atoms with van der Waals surface area (Å²) in [6.45, 7) is 11.4. The van der Waals surface area contributed by atoms with Crippen LogP contribution in [0.25, 0.3) is 0 Å². The molecule has 0 heterocycles. The largest absolute Gasteiger partial charge is 0.399 e. The molecule has 1 heteroatoms. The molecule has 0 aromatic rings. The zero-order valence-electron chi connectivity index (χ0n) is 5.57. The van der Waals surface area contributed by atoms with E-state index in [9.17, 15) is 0 Å². The summed E-state index contributed by atoms with van der Waals surface area (Å²) >= 11 is 0. The molecule has 2 N–H and O–H groups in total. The summed E-state index contributed by atoms with van der Waals surface area (Å²) in [6.07, 6.45) is 0. The van der Waals surface area contributed by atoms with Crippen LogP contribution < -0.4 is 5.73 Å². The molecular weight excluding hydrogens is 98.1 g/mol. The van der Waals surface area contributed by atoms with Crippen molar-refractivity contribution in [3.8, 4) is 0 Å². The quantitative estimate of drug-likeness (QED) is 0.539. The van der Waals surface area contributed by atoms with Gasteiger partial charge in [0.15, 0.2) is 0 Å². The molecule has 0 spiro atoms. The summed E-state index contributed by atoms with van der Waals surface area (Å²) in [4.78, 5) is 0. The van der Waals surface area contributed by atoms with Crippen LogP contribution in [0.2, 0.25) is 0 Å². The molecule has 46 valence electrons. The number of rotatable bonds is 2. The van der Waals surface area contributed by atoms with Crippen LogP contribution in [-0.4, -0.2) is 0 Å². The molecular formula is C7H13N. The Morgan fingerprint density at radius 1 is 1.38 bits per heavy atom. The Labute approximate surface area is 50.9 Å². The fourth-order valence-corrected chi connectivity index (χ4v) is 0.371. The van der Waals surface area contributed by atoms with Gasteiger partial charge in [0, 0.05) is 5.70 Å². The molecule has 0 aliphatic carbocycles. The van der Waals surface area contributed by atoms with E-state index >= 15 is 0 Å². The highest BCUT2D eigenvalue weighted by molar-refractivity contribution is 5.22. The summed E-state index contributed by atoms with van der Waals surface area (Å²) in [5.74, 6) is 0.424. The van der Waals surface area contributed by atoms with Crippen molar-refractivity contribution in [3.63, 3.8) is 0 Å². The first-order chi connectivity index (χ1) is 3.55. The minimum Gasteiger partial charge on any atom is -0.399 e. The average Bonchev–Trinajstić information content (AvgIpc) is 1.64. The molecule has 0 aliphatic rings. The van der Waals surface area contributed by atoms with E-state index in [2.05, 4.69) is 13.2 Å². The number of hydrogen-bond acceptors (Lipinski definition) is 1. The van der Waals surface area contributed by atoms with Crippen molar-refractivity contribution in [2.45, 2.75) is 13.8 Å². The van der Waals surface area contributed by atoms with Gasteiger partial charge >= 0.3 is 0 Å². The Kier molecular flexibility index (Phi) is 2.32. The van der Waals surface area contributed by atoms with Crippen LogP contribution in [0.1, 0.15) is 13.8 Å². The van der Waals surface area contributed by atoms with Gasteiger partial charge in [0.25, 0.3) is 0 Å². The Morgan fingerprint density at radius 3 is 1.75 bits per heavy atom. The van der Waals surface area contributed by atoms with Crippen LogP contribution in [0.3, 0.4) is 0 Å². The lowest BCUT2D eigenvalue weighted by atomic mass is 10.0. The normalized spacial score (nSPS) is 9.38. The van der Waals surface area contributed by atoms with Gasteiger partial charge in [0.05, 0.1) is 0 Å². The Morgan fingerprint density at radius 2 is 1.75 bits per heavy atom. The molecule has 0 aliphatic heterocycles. The Bertz CT molecular complexity index is 112. The van der Waals surface area contributed by atoms with Gasteiger partial charge in [0.1, 0.15) is 0 Å². The maximum absolute atomic E-state index is 5.34. The van der Waals surface area contributed by atoms with E-state index in [0.717, 1.165) is 5.57 Å². The van der Waals surface area contributed by atoms with Gasteiger partial charge in [-0.05, 0) is 11.5 Å². The lowest BCUT2D eigenvalue weighted by Crippen LogP contribution is -2.02. The SMILES string of the molecule is C=C(N)C(=C)C(C)C. The highest BCUT2D eigenvalue weighted by Crippen LogP contribution is 2.09. The lowest BCUT2D eigenvalue weighted by molar-refractivity contribution is 0.779. The summed E-state index contributed by atoms with van der Waals surface area (Å²) in [7, 11) is 0. The molecule has 0 saturated heterocycles. The standard InChI is InChI=1S/C7H13N/c1-5(2)6(3)7(4)8/h5H,3-4,8H2,1-2H3. The predicted molar refractivity (Wildman–Crippen MR) is 37.3 cm³/mol. The zero-order chi connectivity index (χ0) is 6.73. The Hall–Kier alpha value is -0.720. The molecule has 0 aromatic carbocycles. The zero-order valence-corrected chi connectivity index (χ0v) is 5.57. The maximum Gasteiger partial charge on any atom is 0.0270 e. The second-order valence-corrected chi connectivity index (χ2v) is 2.21. The highest BCUT2D eigenvalue weighted by atomic mass is 14.6. The van der Waals surface area contributed by atoms with E-state index in [-0.39, 0.29) is 0 Å². The van der Waals surface area contributed by atoms with E-state index in [1.165, 1.54) is 0 Å². The second kappa shape index (κ2) is 2.55. The van der Waals surface area contributed by atoms with Gasteiger partial charge in [-0.2, -0.15) is 0 Å². The van der Waals surface area contributed by atoms with Crippen molar-refractivity contribution >= 4 is 0 Å². The highest BCUT2D eigenvalue weighted by Gasteiger charge is 1.98. The van der Waals surface area contributed by atoms with Gasteiger partial charge in [-0.25, -0.2) is 0 Å². The molecule has 0 rings (SSSR count). The van der Waals surface area contributed by atoms with Crippen molar-refractivity contribution in [1.82, 2.24) is 0 Å². The van der Waals surface area contributed by atoms with Crippen molar-refractivity contribution in [1.29, 1.82) is 0 Å². The van der Waals surface area contributed by atoms with Gasteiger partial charge in [-0.1, -0.05) is 27.0 Å². The first kappa shape index (κ1) is 7.28. The fraction of sp³-hybridized carbons (Fsp3) is 0.429. The molecule has 0 radical (unpaired) electrons.